The minimum absolute atomic E-state index is 0.631. The van der Waals surface area contributed by atoms with Crippen LogP contribution in [0.25, 0.3) is 53.9 Å². The number of unbranched alkanes of at least 4 members (excludes halogenated alkanes) is 40. The zero-order chi connectivity index (χ0) is 69.3. The van der Waals surface area contributed by atoms with Gasteiger partial charge < -0.3 is 37.9 Å². The molecule has 0 fully saturated rings. The molecule has 0 spiro atoms. The van der Waals surface area contributed by atoms with Crippen LogP contribution in [0.5, 0.6) is 46.0 Å². The first-order valence-corrected chi connectivity index (χ1v) is 42.0. The summed E-state index contributed by atoms with van der Waals surface area (Å²) in [6.07, 6.45) is 57.3. The van der Waals surface area contributed by atoms with Crippen LogP contribution >= 0.6 is 0 Å². The maximum Gasteiger partial charge on any atom is 0.161 e. The van der Waals surface area contributed by atoms with E-state index >= 15 is 0 Å². The lowest BCUT2D eigenvalue weighted by atomic mass is 9.86. The Bertz CT molecular complexity index is 2640. The van der Waals surface area contributed by atoms with Gasteiger partial charge >= 0.3 is 0 Å². The molecule has 0 aliphatic heterocycles. The van der Waals surface area contributed by atoms with Crippen molar-refractivity contribution in [3.8, 4) is 46.0 Å². The second kappa shape index (κ2) is 52.1. The van der Waals surface area contributed by atoms with Crippen LogP contribution in [0.4, 0.5) is 0 Å². The molecule has 552 valence electrons. The molecule has 0 unspecified atom stereocenters. The van der Waals surface area contributed by atoms with E-state index < -0.39 is 0 Å². The molecule has 0 heterocycles. The van der Waals surface area contributed by atoms with Crippen LogP contribution in [0, 0.1) is 0 Å². The molecule has 0 aliphatic rings. The molecule has 0 saturated heterocycles. The molecule has 8 heteroatoms. The van der Waals surface area contributed by atoms with Gasteiger partial charge in [0.05, 0.1) is 52.9 Å². The third kappa shape index (κ3) is 29.2. The van der Waals surface area contributed by atoms with Crippen molar-refractivity contribution >= 4 is 53.9 Å². The van der Waals surface area contributed by atoms with E-state index in [1.165, 1.54) is 205 Å². The third-order valence-electron chi connectivity index (χ3n) is 20.3. The highest BCUT2D eigenvalue weighted by Gasteiger charge is 2.25. The van der Waals surface area contributed by atoms with Gasteiger partial charge in [-0.3, -0.25) is 0 Å². The molecule has 6 aromatic carbocycles. The number of ether oxygens (including phenoxy) is 8. The van der Waals surface area contributed by atoms with Crippen molar-refractivity contribution in [3.05, 3.63) is 48.5 Å². The van der Waals surface area contributed by atoms with Gasteiger partial charge in [-0.25, -0.2) is 0 Å². The first kappa shape index (κ1) is 82.0. The number of hydrogen-bond donors (Lipinski definition) is 0. The van der Waals surface area contributed by atoms with Crippen LogP contribution in [0.15, 0.2) is 48.5 Å². The summed E-state index contributed by atoms with van der Waals surface area (Å²) in [5.41, 5.74) is 0. The first-order chi connectivity index (χ1) is 48.5. The maximum atomic E-state index is 7.12. The summed E-state index contributed by atoms with van der Waals surface area (Å²) in [6, 6.07) is 18.7. The third-order valence-corrected chi connectivity index (χ3v) is 20.3. The number of hydrogen-bond acceptors (Lipinski definition) is 8. The predicted molar refractivity (Wildman–Crippen MR) is 425 cm³/mol. The molecular weight excluding hydrogens is 1210 g/mol. The van der Waals surface area contributed by atoms with Gasteiger partial charge in [-0.15, -0.1) is 0 Å². The summed E-state index contributed by atoms with van der Waals surface area (Å²) < 4.78 is 56.8. The summed E-state index contributed by atoms with van der Waals surface area (Å²) in [5.74, 6) is 6.48. The van der Waals surface area contributed by atoms with Crippen LogP contribution < -0.4 is 37.9 Å². The van der Waals surface area contributed by atoms with E-state index in [0.29, 0.717) is 52.9 Å². The Kier molecular flexibility index (Phi) is 43.5. The molecule has 0 radical (unpaired) electrons. The second-order valence-electron chi connectivity index (χ2n) is 29.1. The van der Waals surface area contributed by atoms with Crippen LogP contribution in [-0.4, -0.2) is 52.9 Å². The van der Waals surface area contributed by atoms with Gasteiger partial charge in [0.2, 0.25) is 0 Å². The van der Waals surface area contributed by atoms with E-state index in [1.807, 2.05) is 0 Å². The Hall–Kier alpha value is -4.98. The number of benzene rings is 6. The lowest BCUT2D eigenvalue weighted by molar-refractivity contribution is 0.258. The minimum Gasteiger partial charge on any atom is -0.490 e. The average molecular weight is 1350 g/mol. The van der Waals surface area contributed by atoms with Gasteiger partial charge in [0.1, 0.15) is 0 Å². The Morgan fingerprint density at radius 1 is 0.143 bits per heavy atom. The highest BCUT2D eigenvalue weighted by Crippen LogP contribution is 2.52. The average Bonchev–Trinajstić information content (AvgIpc) is 0.700. The number of fused-ring (bicyclic) bond motifs is 11. The zero-order valence-electron chi connectivity index (χ0n) is 64.5. The largest absolute Gasteiger partial charge is 0.490 e. The van der Waals surface area contributed by atoms with Crippen molar-refractivity contribution in [2.24, 2.45) is 0 Å². The zero-order valence-corrected chi connectivity index (χ0v) is 64.5. The molecule has 0 saturated carbocycles. The van der Waals surface area contributed by atoms with Crippen LogP contribution in [0.3, 0.4) is 0 Å². The van der Waals surface area contributed by atoms with Crippen LogP contribution in [0.2, 0.25) is 0 Å². The Labute approximate surface area is 599 Å². The van der Waals surface area contributed by atoms with Gasteiger partial charge in [0.25, 0.3) is 0 Å². The molecule has 0 bridgehead atoms. The summed E-state index contributed by atoms with van der Waals surface area (Å²) in [4.78, 5) is 0. The van der Waals surface area contributed by atoms with E-state index in [9.17, 15) is 0 Å². The quantitative estimate of drug-likeness (QED) is 0.0276. The molecule has 0 aliphatic carbocycles. The summed E-state index contributed by atoms with van der Waals surface area (Å²) in [7, 11) is 0. The lowest BCUT2D eigenvalue weighted by Crippen LogP contribution is -2.05. The fourth-order valence-corrected chi connectivity index (χ4v) is 14.2. The highest BCUT2D eigenvalue weighted by atomic mass is 16.5. The van der Waals surface area contributed by atoms with E-state index in [4.69, 9.17) is 37.9 Å². The Morgan fingerprint density at radius 3 is 0.388 bits per heavy atom. The maximum absolute atomic E-state index is 7.12. The van der Waals surface area contributed by atoms with Gasteiger partial charge in [-0.1, -0.05) is 312 Å². The molecule has 0 amide bonds. The van der Waals surface area contributed by atoms with E-state index in [-0.39, 0.29) is 0 Å². The number of rotatable bonds is 64. The monoisotopic (exact) mass is 1350 g/mol. The Morgan fingerprint density at radius 2 is 0.255 bits per heavy atom. The van der Waals surface area contributed by atoms with E-state index in [2.05, 4.69) is 104 Å². The van der Waals surface area contributed by atoms with Gasteiger partial charge in [0.15, 0.2) is 46.0 Å². The summed E-state index contributed by atoms with van der Waals surface area (Å²) in [5, 5.41) is 11.2. The molecule has 0 atom stereocenters. The molecule has 6 rings (SSSR count). The smallest absolute Gasteiger partial charge is 0.161 e. The van der Waals surface area contributed by atoms with E-state index in [0.717, 1.165) is 203 Å². The highest BCUT2D eigenvalue weighted by molar-refractivity contribution is 6.40. The van der Waals surface area contributed by atoms with Crippen molar-refractivity contribution < 1.29 is 37.9 Å². The Balaban J connectivity index is 1.72. The van der Waals surface area contributed by atoms with E-state index in [1.54, 1.807) is 0 Å². The van der Waals surface area contributed by atoms with Crippen molar-refractivity contribution in [3.63, 3.8) is 0 Å². The predicted octanol–water partition coefficient (Wildman–Crippen LogP) is 29.4. The molecule has 0 aromatic heterocycles. The normalized spacial score (nSPS) is 11.7. The van der Waals surface area contributed by atoms with Gasteiger partial charge in [0, 0.05) is 0 Å². The molecule has 98 heavy (non-hydrogen) atoms. The fraction of sp³-hybridized carbons (Fsp3) is 0.711. The second-order valence-corrected chi connectivity index (χ2v) is 29.1. The van der Waals surface area contributed by atoms with Crippen molar-refractivity contribution in [2.75, 3.05) is 52.9 Å². The summed E-state index contributed by atoms with van der Waals surface area (Å²) >= 11 is 0. The summed E-state index contributed by atoms with van der Waals surface area (Å²) in [6.45, 7) is 23.4. The van der Waals surface area contributed by atoms with Gasteiger partial charge in [-0.2, -0.15) is 0 Å². The molecule has 6 aromatic rings. The molecule has 0 N–H and O–H groups in total. The topological polar surface area (TPSA) is 73.8 Å². The van der Waals surface area contributed by atoms with Crippen molar-refractivity contribution in [1.29, 1.82) is 0 Å². The molecular formula is C90H144O8. The SMILES string of the molecule is CCCCCCCCOc1cc2c3cc(OCCCCCCCC)c(OCCCCCCCC)cc3c3c4cc(OCCCCCCCC)c(OCCCCCCCC)cc4c4cc(OCCCCCCCC)c(OCCCCCCCC)cc4c3c2cc1OCCCCCCCC. The standard InChI is InChI=1S/C90H144O8/c1-9-17-25-33-41-49-57-91-81-65-73-74-66-82(92-58-50-42-34-26-18-10-2)86(96-62-54-46-38-30-22-14-6)70-78(74)90-80-72-88(98-64-56-48-40-32-24-16-8)84(94-60-52-44-36-28-20-12-4)68-76(80)75-67-83(93-59-51-43-35-27-19-11-3)87(97-63-55-47-39-31-23-15-7)71-79(75)89(90)77(73)69-85(81)95-61-53-45-37-29-21-13-5/h65-72H,9-64H2,1-8H3. The van der Waals surface area contributed by atoms with Crippen molar-refractivity contribution in [1.82, 2.24) is 0 Å². The van der Waals surface area contributed by atoms with Gasteiger partial charge in [-0.05, 0) is 154 Å². The van der Waals surface area contributed by atoms with Crippen LogP contribution in [-0.2, 0) is 0 Å². The van der Waals surface area contributed by atoms with Crippen molar-refractivity contribution in [2.45, 2.75) is 364 Å². The minimum atomic E-state index is 0.631. The van der Waals surface area contributed by atoms with Crippen LogP contribution in [0.1, 0.15) is 364 Å². The lowest BCUT2D eigenvalue weighted by Gasteiger charge is -2.23. The fourth-order valence-electron chi connectivity index (χ4n) is 14.2. The first-order valence-electron chi connectivity index (χ1n) is 42.0. The molecule has 8 nitrogen and oxygen atoms in total.